The van der Waals surface area contributed by atoms with Crippen LogP contribution in [0.25, 0.3) is 0 Å². The van der Waals surface area contributed by atoms with E-state index in [9.17, 15) is 4.79 Å². The summed E-state index contributed by atoms with van der Waals surface area (Å²) >= 11 is 0. The van der Waals surface area contributed by atoms with Gasteiger partial charge in [0.15, 0.2) is 11.5 Å². The fourth-order valence-corrected chi connectivity index (χ4v) is 3.37. The minimum atomic E-state index is 0.156. The Morgan fingerprint density at radius 2 is 1.93 bits per heavy atom. The molecule has 29 heavy (non-hydrogen) atoms. The van der Waals surface area contributed by atoms with Gasteiger partial charge in [-0.25, -0.2) is 4.68 Å². The number of nitrogens with zero attached hydrogens (tertiary/aromatic N) is 4. The molecular weight excluding hydrogens is 368 g/mol. The van der Waals surface area contributed by atoms with Crippen molar-refractivity contribution in [3.05, 3.63) is 72.1 Å². The van der Waals surface area contributed by atoms with Crippen molar-refractivity contribution in [2.24, 2.45) is 0 Å². The zero-order valence-corrected chi connectivity index (χ0v) is 16.4. The Labute approximate surface area is 169 Å². The monoisotopic (exact) mass is 392 g/mol. The Kier molecular flexibility index (Phi) is 5.74. The van der Waals surface area contributed by atoms with Crippen LogP contribution >= 0.6 is 0 Å². The number of carbonyl (C=O) groups is 1. The van der Waals surface area contributed by atoms with Gasteiger partial charge in [0.1, 0.15) is 6.61 Å². The first-order valence-corrected chi connectivity index (χ1v) is 9.70. The number of ether oxygens (including phenoxy) is 2. The molecule has 0 radical (unpaired) electrons. The van der Waals surface area contributed by atoms with E-state index in [-0.39, 0.29) is 11.9 Å². The van der Waals surface area contributed by atoms with Gasteiger partial charge in [-0.1, -0.05) is 41.6 Å². The molecule has 1 aliphatic rings. The molecule has 1 saturated heterocycles. The van der Waals surface area contributed by atoms with Crippen molar-refractivity contribution in [2.45, 2.75) is 25.5 Å². The maximum absolute atomic E-state index is 12.5. The van der Waals surface area contributed by atoms with Gasteiger partial charge in [-0.3, -0.25) is 4.79 Å². The highest BCUT2D eigenvalue weighted by Crippen LogP contribution is 2.29. The zero-order chi connectivity index (χ0) is 20.1. The Balaban J connectivity index is 1.31. The summed E-state index contributed by atoms with van der Waals surface area (Å²) in [5.41, 5.74) is 2.14. The molecule has 2 heterocycles. The number of rotatable bonds is 8. The quantitative estimate of drug-likeness (QED) is 0.590. The SMILES string of the molecule is COc1ccc(CCC(=O)N2CC(n3ccnn3)C2)cc1OCc1ccccc1. The molecule has 0 atom stereocenters. The van der Waals surface area contributed by atoms with Gasteiger partial charge in [-0.15, -0.1) is 5.10 Å². The Morgan fingerprint density at radius 3 is 2.66 bits per heavy atom. The first kappa shape index (κ1) is 19.0. The van der Waals surface area contributed by atoms with E-state index in [1.807, 2.05) is 64.3 Å². The maximum atomic E-state index is 12.5. The molecule has 0 aliphatic carbocycles. The van der Waals surface area contributed by atoms with Gasteiger partial charge in [0.25, 0.3) is 0 Å². The average Bonchev–Trinajstić information content (AvgIpc) is 3.24. The molecular formula is C22H24N4O3. The smallest absolute Gasteiger partial charge is 0.223 e. The number of amides is 1. The largest absolute Gasteiger partial charge is 0.493 e. The van der Waals surface area contributed by atoms with Crippen LogP contribution in [0.3, 0.4) is 0 Å². The first-order chi connectivity index (χ1) is 14.2. The second kappa shape index (κ2) is 8.77. The van der Waals surface area contributed by atoms with E-state index >= 15 is 0 Å². The van der Waals surface area contributed by atoms with Crippen LogP contribution in [0.5, 0.6) is 11.5 Å². The highest BCUT2D eigenvalue weighted by atomic mass is 16.5. The third-order valence-corrected chi connectivity index (χ3v) is 5.12. The van der Waals surface area contributed by atoms with Crippen LogP contribution in [-0.4, -0.2) is 46.0 Å². The van der Waals surface area contributed by atoms with E-state index in [0.29, 0.717) is 44.0 Å². The Hall–Kier alpha value is -3.35. The van der Waals surface area contributed by atoms with Crippen LogP contribution in [0.4, 0.5) is 0 Å². The molecule has 7 heteroatoms. The second-order valence-electron chi connectivity index (χ2n) is 7.10. The topological polar surface area (TPSA) is 69.5 Å². The Morgan fingerprint density at radius 1 is 1.10 bits per heavy atom. The third kappa shape index (κ3) is 4.56. The van der Waals surface area contributed by atoms with Crippen molar-refractivity contribution in [2.75, 3.05) is 20.2 Å². The van der Waals surface area contributed by atoms with E-state index in [1.54, 1.807) is 13.3 Å². The summed E-state index contributed by atoms with van der Waals surface area (Å²) in [4.78, 5) is 14.3. The van der Waals surface area contributed by atoms with Crippen LogP contribution in [0.15, 0.2) is 60.9 Å². The number of aryl methyl sites for hydroxylation is 1. The van der Waals surface area contributed by atoms with Gasteiger partial charge in [0.05, 0.1) is 19.3 Å². The molecule has 0 unspecified atom stereocenters. The molecule has 7 nitrogen and oxygen atoms in total. The van der Waals surface area contributed by atoms with Crippen molar-refractivity contribution in [3.63, 3.8) is 0 Å². The van der Waals surface area contributed by atoms with E-state index < -0.39 is 0 Å². The molecule has 0 bridgehead atoms. The van der Waals surface area contributed by atoms with Crippen LogP contribution in [0, 0.1) is 0 Å². The summed E-state index contributed by atoms with van der Waals surface area (Å²) in [6.45, 7) is 1.85. The molecule has 3 aromatic rings. The zero-order valence-electron chi connectivity index (χ0n) is 16.4. The van der Waals surface area contributed by atoms with Gasteiger partial charge < -0.3 is 14.4 Å². The van der Waals surface area contributed by atoms with Crippen molar-refractivity contribution in [3.8, 4) is 11.5 Å². The Bertz CT molecular complexity index is 938. The van der Waals surface area contributed by atoms with E-state index in [2.05, 4.69) is 10.3 Å². The van der Waals surface area contributed by atoms with Crippen LogP contribution in [0.2, 0.25) is 0 Å². The molecule has 0 spiro atoms. The molecule has 2 aromatic carbocycles. The van der Waals surface area contributed by atoms with Gasteiger partial charge >= 0.3 is 0 Å². The number of likely N-dealkylation sites (tertiary alicyclic amines) is 1. The predicted molar refractivity (Wildman–Crippen MR) is 108 cm³/mol. The molecule has 1 aromatic heterocycles. The van der Waals surface area contributed by atoms with Gasteiger partial charge in [0, 0.05) is 25.7 Å². The lowest BCUT2D eigenvalue weighted by molar-refractivity contribution is -0.137. The summed E-state index contributed by atoms with van der Waals surface area (Å²) in [5.74, 6) is 1.54. The van der Waals surface area contributed by atoms with Crippen molar-refractivity contribution >= 4 is 5.91 Å². The molecule has 1 amide bonds. The first-order valence-electron chi connectivity index (χ1n) is 9.70. The molecule has 1 aliphatic heterocycles. The second-order valence-corrected chi connectivity index (χ2v) is 7.10. The van der Waals surface area contributed by atoms with Crippen molar-refractivity contribution in [1.82, 2.24) is 19.9 Å². The minimum absolute atomic E-state index is 0.156. The third-order valence-electron chi connectivity index (χ3n) is 5.12. The van der Waals surface area contributed by atoms with Gasteiger partial charge in [0.2, 0.25) is 5.91 Å². The molecule has 0 saturated carbocycles. The number of benzene rings is 2. The number of aromatic nitrogens is 3. The van der Waals surface area contributed by atoms with E-state index in [0.717, 1.165) is 11.1 Å². The number of hydrogen-bond donors (Lipinski definition) is 0. The van der Waals surface area contributed by atoms with Gasteiger partial charge in [-0.2, -0.15) is 0 Å². The lowest BCUT2D eigenvalue weighted by Crippen LogP contribution is -2.50. The summed E-state index contributed by atoms with van der Waals surface area (Å²) in [5, 5.41) is 7.81. The van der Waals surface area contributed by atoms with Crippen LogP contribution in [0.1, 0.15) is 23.6 Å². The maximum Gasteiger partial charge on any atom is 0.223 e. The van der Waals surface area contributed by atoms with Crippen molar-refractivity contribution in [1.29, 1.82) is 0 Å². The number of methoxy groups -OCH3 is 1. The molecule has 1 fully saturated rings. The summed E-state index contributed by atoms with van der Waals surface area (Å²) < 4.78 is 13.2. The fraction of sp³-hybridized carbons (Fsp3) is 0.318. The standard InChI is InChI=1S/C22H24N4O3/c1-28-20-9-7-17(13-21(20)29-16-18-5-3-2-4-6-18)8-10-22(27)25-14-19(15-25)26-12-11-23-24-26/h2-7,9,11-13,19H,8,10,14-16H2,1H3. The normalized spacial score (nSPS) is 13.8. The molecule has 150 valence electrons. The highest BCUT2D eigenvalue weighted by molar-refractivity contribution is 5.77. The minimum Gasteiger partial charge on any atom is -0.493 e. The van der Waals surface area contributed by atoms with Gasteiger partial charge in [-0.05, 0) is 29.7 Å². The average molecular weight is 392 g/mol. The van der Waals surface area contributed by atoms with E-state index in [1.165, 1.54) is 0 Å². The molecule has 4 rings (SSSR count). The highest BCUT2D eigenvalue weighted by Gasteiger charge is 2.31. The summed E-state index contributed by atoms with van der Waals surface area (Å²) in [6.07, 6.45) is 4.62. The molecule has 0 N–H and O–H groups in total. The summed E-state index contributed by atoms with van der Waals surface area (Å²) in [6, 6.07) is 16.1. The lowest BCUT2D eigenvalue weighted by atomic mass is 10.1. The van der Waals surface area contributed by atoms with Crippen molar-refractivity contribution < 1.29 is 14.3 Å². The van der Waals surface area contributed by atoms with Crippen LogP contribution < -0.4 is 9.47 Å². The number of carbonyl (C=O) groups excluding carboxylic acids is 1. The van der Waals surface area contributed by atoms with Crippen LogP contribution in [-0.2, 0) is 17.8 Å². The predicted octanol–water partition coefficient (Wildman–Crippen LogP) is 2.88. The summed E-state index contributed by atoms with van der Waals surface area (Å²) in [7, 11) is 1.63. The lowest BCUT2D eigenvalue weighted by Gasteiger charge is -2.39. The van der Waals surface area contributed by atoms with E-state index in [4.69, 9.17) is 9.47 Å². The number of hydrogen-bond acceptors (Lipinski definition) is 5. The fourth-order valence-electron chi connectivity index (χ4n) is 3.37.